The van der Waals surface area contributed by atoms with Gasteiger partial charge in [0, 0.05) is 19.5 Å². The van der Waals surface area contributed by atoms with Crippen molar-refractivity contribution in [1.29, 1.82) is 0 Å². The maximum atomic E-state index is 13.4. The standard InChI is InChI=1S/C22H21FN2O4/c1-25-19(26)16-17(20(25)27)22(21(28)29-2,12-13-6-4-3-5-7-13)24-18(16)14-8-10-15(23)11-9-14/h3-11,16-18,24H,12H2,1-2H3/t16-,17+,18-,22+/m0/s1. The number of likely N-dealkylation sites (tertiary alicyclic amines) is 1. The summed E-state index contributed by atoms with van der Waals surface area (Å²) in [7, 11) is 2.69. The highest BCUT2D eigenvalue weighted by Crippen LogP contribution is 2.49. The van der Waals surface area contributed by atoms with E-state index in [9.17, 15) is 18.8 Å². The van der Waals surface area contributed by atoms with Crippen LogP contribution in [0.4, 0.5) is 4.39 Å². The van der Waals surface area contributed by atoms with E-state index in [4.69, 9.17) is 4.74 Å². The lowest BCUT2D eigenvalue weighted by molar-refractivity contribution is -0.153. The Kier molecular flexibility index (Phi) is 4.70. The zero-order chi connectivity index (χ0) is 20.8. The lowest BCUT2D eigenvalue weighted by Crippen LogP contribution is -2.57. The minimum atomic E-state index is -1.41. The van der Waals surface area contributed by atoms with Crippen LogP contribution in [-0.2, 0) is 25.5 Å². The van der Waals surface area contributed by atoms with Crippen molar-refractivity contribution in [3.8, 4) is 0 Å². The van der Waals surface area contributed by atoms with Crippen LogP contribution in [0.1, 0.15) is 17.2 Å². The number of ether oxygens (including phenoxy) is 1. The largest absolute Gasteiger partial charge is 0.468 e. The Morgan fingerprint density at radius 2 is 1.76 bits per heavy atom. The number of carbonyl (C=O) groups excluding carboxylic acids is 3. The molecule has 0 bridgehead atoms. The number of rotatable bonds is 4. The smallest absolute Gasteiger partial charge is 0.327 e. The van der Waals surface area contributed by atoms with E-state index in [1.54, 1.807) is 12.1 Å². The summed E-state index contributed by atoms with van der Waals surface area (Å²) >= 11 is 0. The number of carbonyl (C=O) groups is 3. The summed E-state index contributed by atoms with van der Waals surface area (Å²) < 4.78 is 18.5. The fourth-order valence-electron chi connectivity index (χ4n) is 4.63. The number of hydrogen-bond donors (Lipinski definition) is 1. The Balaban J connectivity index is 1.85. The SMILES string of the molecule is COC(=O)[C@]1(Cc2ccccc2)N[C@@H](c2ccc(F)cc2)[C@H]2C(=O)N(C)C(=O)[C@@H]21. The van der Waals surface area contributed by atoms with E-state index in [-0.39, 0.29) is 12.3 Å². The first-order chi connectivity index (χ1) is 13.9. The summed E-state index contributed by atoms with van der Waals surface area (Å²) in [5.41, 5.74) is 0.0625. The van der Waals surface area contributed by atoms with Gasteiger partial charge in [0.15, 0.2) is 0 Å². The molecule has 2 aliphatic heterocycles. The normalized spacial score (nSPS) is 28.5. The highest BCUT2D eigenvalue weighted by molar-refractivity contribution is 6.09. The van der Waals surface area contributed by atoms with E-state index in [0.29, 0.717) is 5.56 Å². The third-order valence-corrected chi connectivity index (χ3v) is 5.98. The van der Waals surface area contributed by atoms with Crippen LogP contribution >= 0.6 is 0 Å². The van der Waals surface area contributed by atoms with E-state index in [1.165, 1.54) is 26.3 Å². The third kappa shape index (κ3) is 2.93. The Morgan fingerprint density at radius 1 is 1.10 bits per heavy atom. The average molecular weight is 396 g/mol. The quantitative estimate of drug-likeness (QED) is 0.631. The molecular weight excluding hydrogens is 375 g/mol. The van der Waals surface area contributed by atoms with Crippen LogP contribution in [-0.4, -0.2) is 42.4 Å². The van der Waals surface area contributed by atoms with Crippen LogP contribution in [0.2, 0.25) is 0 Å². The minimum absolute atomic E-state index is 0.187. The van der Waals surface area contributed by atoms with Gasteiger partial charge in [-0.05, 0) is 23.3 Å². The summed E-state index contributed by atoms with van der Waals surface area (Å²) in [5, 5.41) is 3.26. The first-order valence-corrected chi connectivity index (χ1v) is 9.36. The maximum absolute atomic E-state index is 13.4. The molecule has 2 aromatic rings. The second kappa shape index (κ2) is 7.08. The Bertz CT molecular complexity index is 963. The molecule has 1 N–H and O–H groups in total. The topological polar surface area (TPSA) is 75.7 Å². The van der Waals surface area contributed by atoms with Crippen molar-refractivity contribution in [3.63, 3.8) is 0 Å². The molecule has 2 fully saturated rings. The second-order valence-corrected chi connectivity index (χ2v) is 7.54. The van der Waals surface area contributed by atoms with E-state index in [1.807, 2.05) is 30.3 Å². The summed E-state index contributed by atoms with van der Waals surface area (Å²) in [6.45, 7) is 0. The van der Waals surface area contributed by atoms with Crippen molar-refractivity contribution in [2.45, 2.75) is 18.0 Å². The number of imide groups is 1. The highest BCUT2D eigenvalue weighted by Gasteiger charge is 2.68. The lowest BCUT2D eigenvalue weighted by atomic mass is 9.76. The molecule has 2 heterocycles. The van der Waals surface area contributed by atoms with Crippen LogP contribution in [0.5, 0.6) is 0 Å². The van der Waals surface area contributed by atoms with Gasteiger partial charge in [0.25, 0.3) is 0 Å². The molecule has 29 heavy (non-hydrogen) atoms. The number of esters is 1. The zero-order valence-corrected chi connectivity index (χ0v) is 16.1. The number of benzene rings is 2. The molecule has 6 nitrogen and oxygen atoms in total. The predicted octanol–water partition coefficient (Wildman–Crippen LogP) is 1.86. The van der Waals surface area contributed by atoms with E-state index >= 15 is 0 Å². The molecule has 4 rings (SSSR count). The molecule has 2 aliphatic rings. The molecule has 7 heteroatoms. The number of amides is 2. The van der Waals surface area contributed by atoms with Gasteiger partial charge in [-0.3, -0.25) is 24.6 Å². The van der Waals surface area contributed by atoms with Gasteiger partial charge >= 0.3 is 5.97 Å². The van der Waals surface area contributed by atoms with Crippen molar-refractivity contribution < 1.29 is 23.5 Å². The van der Waals surface area contributed by atoms with Crippen LogP contribution in [0.15, 0.2) is 54.6 Å². The Morgan fingerprint density at radius 3 is 2.38 bits per heavy atom. The number of fused-ring (bicyclic) bond motifs is 1. The van der Waals surface area contributed by atoms with Crippen LogP contribution < -0.4 is 5.32 Å². The number of methoxy groups -OCH3 is 1. The summed E-state index contributed by atoms with van der Waals surface area (Å²) in [4.78, 5) is 40.1. The van der Waals surface area contributed by atoms with Crippen LogP contribution in [0, 0.1) is 17.7 Å². The van der Waals surface area contributed by atoms with Gasteiger partial charge in [0.1, 0.15) is 11.4 Å². The predicted molar refractivity (Wildman–Crippen MR) is 102 cm³/mol. The van der Waals surface area contributed by atoms with Crippen LogP contribution in [0.25, 0.3) is 0 Å². The fourth-order valence-corrected chi connectivity index (χ4v) is 4.63. The third-order valence-electron chi connectivity index (χ3n) is 5.98. The minimum Gasteiger partial charge on any atom is -0.468 e. The number of hydrogen-bond acceptors (Lipinski definition) is 5. The molecule has 0 radical (unpaired) electrons. The van der Waals surface area contributed by atoms with E-state index in [0.717, 1.165) is 10.5 Å². The average Bonchev–Trinajstić information content (AvgIpc) is 3.19. The van der Waals surface area contributed by atoms with Crippen LogP contribution in [0.3, 0.4) is 0 Å². The molecule has 0 spiro atoms. The molecule has 0 unspecified atom stereocenters. The Hall–Kier alpha value is -3.06. The van der Waals surface area contributed by atoms with Gasteiger partial charge in [-0.2, -0.15) is 0 Å². The maximum Gasteiger partial charge on any atom is 0.327 e. The number of halogens is 1. The van der Waals surface area contributed by atoms with Gasteiger partial charge in [0.05, 0.1) is 18.9 Å². The van der Waals surface area contributed by atoms with Crippen molar-refractivity contribution in [2.24, 2.45) is 11.8 Å². The van der Waals surface area contributed by atoms with Gasteiger partial charge in [-0.15, -0.1) is 0 Å². The summed E-state index contributed by atoms with van der Waals surface area (Å²) in [6.07, 6.45) is 0.187. The van der Waals surface area contributed by atoms with Crippen molar-refractivity contribution in [2.75, 3.05) is 14.2 Å². The lowest BCUT2D eigenvalue weighted by Gasteiger charge is -2.32. The first-order valence-electron chi connectivity index (χ1n) is 9.36. The molecule has 2 saturated heterocycles. The molecule has 0 saturated carbocycles. The van der Waals surface area contributed by atoms with Gasteiger partial charge in [0.2, 0.25) is 11.8 Å². The van der Waals surface area contributed by atoms with E-state index < -0.39 is 41.1 Å². The van der Waals surface area contributed by atoms with Crippen molar-refractivity contribution in [1.82, 2.24) is 10.2 Å². The fraction of sp³-hybridized carbons (Fsp3) is 0.318. The molecule has 0 aliphatic carbocycles. The monoisotopic (exact) mass is 396 g/mol. The molecule has 2 amide bonds. The zero-order valence-electron chi connectivity index (χ0n) is 16.1. The Labute approximate surface area is 167 Å². The summed E-state index contributed by atoms with van der Waals surface area (Å²) in [6, 6.07) is 14.4. The van der Waals surface area contributed by atoms with Crippen molar-refractivity contribution in [3.05, 3.63) is 71.5 Å². The second-order valence-electron chi connectivity index (χ2n) is 7.54. The summed E-state index contributed by atoms with van der Waals surface area (Å²) in [5.74, 6) is -3.47. The molecular formula is C22H21FN2O4. The number of nitrogens with zero attached hydrogens (tertiary/aromatic N) is 1. The molecule has 0 aromatic heterocycles. The molecule has 150 valence electrons. The van der Waals surface area contributed by atoms with Gasteiger partial charge < -0.3 is 4.74 Å². The van der Waals surface area contributed by atoms with E-state index in [2.05, 4.69) is 5.32 Å². The van der Waals surface area contributed by atoms with Gasteiger partial charge in [-0.1, -0.05) is 42.5 Å². The first kappa shape index (κ1) is 19.3. The van der Waals surface area contributed by atoms with Crippen molar-refractivity contribution >= 4 is 17.8 Å². The molecule has 2 aromatic carbocycles. The highest BCUT2D eigenvalue weighted by atomic mass is 19.1. The van der Waals surface area contributed by atoms with Gasteiger partial charge in [-0.25, -0.2) is 4.39 Å². The molecule has 4 atom stereocenters. The number of nitrogens with one attached hydrogen (secondary N) is 1.